The molecule has 1 atom stereocenters. The molecule has 1 heterocycles. The Hall–Kier alpha value is -0.603. The summed E-state index contributed by atoms with van der Waals surface area (Å²) in [6.45, 7) is 14.4. The number of unbranched alkanes of at least 4 members (excludes halogenated alkanes) is 1. The molecule has 0 saturated heterocycles. The average Bonchev–Trinajstić information content (AvgIpc) is 2.41. The van der Waals surface area contributed by atoms with Gasteiger partial charge in [0.25, 0.3) is 0 Å². The zero-order chi connectivity index (χ0) is 11.5. The topological polar surface area (TPSA) is 9.23 Å². The van der Waals surface area contributed by atoms with Gasteiger partial charge >= 0.3 is 0 Å². The van der Waals surface area contributed by atoms with Crippen molar-refractivity contribution in [1.29, 1.82) is 0 Å². The molecule has 1 nitrogen and oxygen atoms in total. The molecular weight excluding hydrogens is 200 g/mol. The SMILES string of the molecule is C=CCCCC1C=C(C(=C)C)[Si](C)(C)O1. The minimum absolute atomic E-state index is 0.318. The highest BCUT2D eigenvalue weighted by molar-refractivity contribution is 6.80. The summed E-state index contributed by atoms with van der Waals surface area (Å²) in [5.74, 6) is 0. The molecule has 2 heteroatoms. The van der Waals surface area contributed by atoms with Gasteiger partial charge in [-0.2, -0.15) is 0 Å². The molecule has 0 amide bonds. The Labute approximate surface area is 94.7 Å². The molecule has 0 aliphatic carbocycles. The second kappa shape index (κ2) is 4.95. The first-order valence-electron chi connectivity index (χ1n) is 5.64. The van der Waals surface area contributed by atoms with Crippen LogP contribution in [-0.4, -0.2) is 14.4 Å². The zero-order valence-corrected chi connectivity index (χ0v) is 11.2. The molecule has 1 aliphatic heterocycles. The molecule has 0 aromatic carbocycles. The Kier molecular flexibility index (Phi) is 4.11. The Morgan fingerprint density at radius 1 is 1.60 bits per heavy atom. The lowest BCUT2D eigenvalue weighted by molar-refractivity contribution is 0.242. The molecule has 0 aromatic heterocycles. The van der Waals surface area contributed by atoms with Crippen LogP contribution in [0.15, 0.2) is 36.1 Å². The van der Waals surface area contributed by atoms with Gasteiger partial charge in [0.2, 0.25) is 8.32 Å². The first-order valence-corrected chi connectivity index (χ1v) is 8.55. The fourth-order valence-electron chi connectivity index (χ4n) is 2.12. The lowest BCUT2D eigenvalue weighted by atomic mass is 10.1. The van der Waals surface area contributed by atoms with Crippen LogP contribution in [0.25, 0.3) is 0 Å². The van der Waals surface area contributed by atoms with Gasteiger partial charge in [0.05, 0.1) is 6.10 Å². The van der Waals surface area contributed by atoms with Crippen molar-refractivity contribution in [3.8, 4) is 0 Å². The van der Waals surface area contributed by atoms with Crippen LogP contribution in [0.3, 0.4) is 0 Å². The molecule has 0 spiro atoms. The fourth-order valence-corrected chi connectivity index (χ4v) is 4.81. The molecule has 0 fully saturated rings. The summed E-state index contributed by atoms with van der Waals surface area (Å²) >= 11 is 0. The van der Waals surface area contributed by atoms with Crippen LogP contribution in [0.4, 0.5) is 0 Å². The second-order valence-electron chi connectivity index (χ2n) is 4.75. The van der Waals surface area contributed by atoms with Crippen molar-refractivity contribution in [2.45, 2.75) is 45.4 Å². The van der Waals surface area contributed by atoms with E-state index in [0.29, 0.717) is 6.10 Å². The maximum Gasteiger partial charge on any atom is 0.218 e. The van der Waals surface area contributed by atoms with Crippen LogP contribution in [0.1, 0.15) is 26.2 Å². The van der Waals surface area contributed by atoms with E-state index in [2.05, 4.69) is 39.3 Å². The Morgan fingerprint density at radius 3 is 2.73 bits per heavy atom. The van der Waals surface area contributed by atoms with E-state index in [1.54, 1.807) is 0 Å². The van der Waals surface area contributed by atoms with Gasteiger partial charge in [-0.1, -0.05) is 24.3 Å². The van der Waals surface area contributed by atoms with E-state index in [-0.39, 0.29) is 0 Å². The van der Waals surface area contributed by atoms with Gasteiger partial charge in [0, 0.05) is 0 Å². The van der Waals surface area contributed by atoms with Crippen LogP contribution in [0, 0.1) is 0 Å². The summed E-state index contributed by atoms with van der Waals surface area (Å²) in [4.78, 5) is 0. The summed E-state index contributed by atoms with van der Waals surface area (Å²) in [5.41, 5.74) is 1.18. The summed E-state index contributed by atoms with van der Waals surface area (Å²) in [6, 6.07) is 0. The third kappa shape index (κ3) is 3.18. The Morgan fingerprint density at radius 2 is 2.27 bits per heavy atom. The van der Waals surface area contributed by atoms with E-state index >= 15 is 0 Å². The third-order valence-corrected chi connectivity index (χ3v) is 5.59. The molecular formula is C13H22OSi. The number of hydrogen-bond donors (Lipinski definition) is 0. The van der Waals surface area contributed by atoms with Gasteiger partial charge in [0.1, 0.15) is 0 Å². The van der Waals surface area contributed by atoms with Crippen LogP contribution >= 0.6 is 0 Å². The van der Waals surface area contributed by atoms with E-state index in [4.69, 9.17) is 4.43 Å². The fraction of sp³-hybridized carbons (Fsp3) is 0.538. The van der Waals surface area contributed by atoms with Crippen molar-refractivity contribution in [2.75, 3.05) is 0 Å². The van der Waals surface area contributed by atoms with Gasteiger partial charge in [-0.15, -0.1) is 6.58 Å². The summed E-state index contributed by atoms with van der Waals surface area (Å²) in [6.07, 6.45) is 7.94. The highest BCUT2D eigenvalue weighted by Gasteiger charge is 2.36. The smallest absolute Gasteiger partial charge is 0.218 e. The molecule has 0 saturated carbocycles. The van der Waals surface area contributed by atoms with Crippen molar-refractivity contribution in [2.24, 2.45) is 0 Å². The number of allylic oxidation sites excluding steroid dienone is 3. The number of hydrogen-bond acceptors (Lipinski definition) is 1. The minimum atomic E-state index is -1.62. The van der Waals surface area contributed by atoms with Crippen LogP contribution in [0.5, 0.6) is 0 Å². The predicted molar refractivity (Wildman–Crippen MR) is 69.3 cm³/mol. The Balaban J connectivity index is 2.59. The average molecular weight is 222 g/mol. The molecule has 0 aromatic rings. The maximum absolute atomic E-state index is 6.12. The minimum Gasteiger partial charge on any atom is -0.407 e. The van der Waals surface area contributed by atoms with Gasteiger partial charge in [-0.3, -0.25) is 0 Å². The van der Waals surface area contributed by atoms with Crippen LogP contribution in [0.2, 0.25) is 13.1 Å². The molecule has 0 bridgehead atoms. The normalized spacial score (nSPS) is 23.7. The van der Waals surface area contributed by atoms with Crippen molar-refractivity contribution in [3.05, 3.63) is 36.1 Å². The van der Waals surface area contributed by atoms with E-state index in [1.165, 1.54) is 17.2 Å². The van der Waals surface area contributed by atoms with Crippen LogP contribution < -0.4 is 0 Å². The van der Waals surface area contributed by atoms with E-state index < -0.39 is 8.32 Å². The lowest BCUT2D eigenvalue weighted by Crippen LogP contribution is -2.31. The van der Waals surface area contributed by atoms with Gasteiger partial charge < -0.3 is 4.43 Å². The van der Waals surface area contributed by atoms with Crippen molar-refractivity contribution in [3.63, 3.8) is 0 Å². The summed E-state index contributed by atoms with van der Waals surface area (Å²) in [7, 11) is -1.62. The summed E-state index contributed by atoms with van der Waals surface area (Å²) < 4.78 is 6.12. The van der Waals surface area contributed by atoms with Crippen LogP contribution in [-0.2, 0) is 4.43 Å². The van der Waals surface area contributed by atoms with Crippen molar-refractivity contribution in [1.82, 2.24) is 0 Å². The largest absolute Gasteiger partial charge is 0.407 e. The molecule has 0 N–H and O–H groups in total. The highest BCUT2D eigenvalue weighted by Crippen LogP contribution is 2.32. The molecule has 84 valence electrons. The monoisotopic (exact) mass is 222 g/mol. The number of rotatable bonds is 5. The second-order valence-corrected chi connectivity index (χ2v) is 8.54. The standard InChI is InChI=1S/C13H22OSi/c1-6-7-8-9-12-10-13(11(2)3)15(4,5)14-12/h6,10,12H,1-2,7-9H2,3-5H3. The molecule has 0 radical (unpaired) electrons. The third-order valence-electron chi connectivity index (χ3n) is 2.80. The van der Waals surface area contributed by atoms with Gasteiger partial charge in [-0.05, 0) is 44.5 Å². The quantitative estimate of drug-likeness (QED) is 0.388. The molecule has 15 heavy (non-hydrogen) atoms. The molecule has 1 aliphatic rings. The molecule has 1 unspecified atom stereocenters. The first kappa shape index (κ1) is 12.5. The lowest BCUT2D eigenvalue weighted by Gasteiger charge is -2.21. The Bertz CT molecular complexity index is 289. The maximum atomic E-state index is 6.12. The van der Waals surface area contributed by atoms with Gasteiger partial charge in [-0.25, -0.2) is 0 Å². The summed E-state index contributed by atoms with van der Waals surface area (Å²) in [5, 5.41) is 1.39. The predicted octanol–water partition coefficient (Wildman–Crippen LogP) is 3.99. The zero-order valence-electron chi connectivity index (χ0n) is 10.2. The first-order chi connectivity index (χ1) is 6.97. The van der Waals surface area contributed by atoms with E-state index in [9.17, 15) is 0 Å². The van der Waals surface area contributed by atoms with E-state index in [1.807, 2.05) is 6.08 Å². The molecule has 1 rings (SSSR count). The van der Waals surface area contributed by atoms with E-state index in [0.717, 1.165) is 12.8 Å². The van der Waals surface area contributed by atoms with Crippen molar-refractivity contribution >= 4 is 8.32 Å². The highest BCUT2D eigenvalue weighted by atomic mass is 28.4. The van der Waals surface area contributed by atoms with Gasteiger partial charge in [0.15, 0.2) is 0 Å². The van der Waals surface area contributed by atoms with Crippen molar-refractivity contribution < 1.29 is 4.43 Å².